The van der Waals surface area contributed by atoms with Gasteiger partial charge in [-0.25, -0.2) is 0 Å². The van der Waals surface area contributed by atoms with Crippen LogP contribution >= 0.6 is 0 Å². The van der Waals surface area contributed by atoms with E-state index in [0.717, 1.165) is 11.3 Å². The maximum Gasteiger partial charge on any atom is 0.226 e. The van der Waals surface area contributed by atoms with Crippen molar-refractivity contribution in [1.29, 1.82) is 0 Å². The smallest absolute Gasteiger partial charge is 0.226 e. The van der Waals surface area contributed by atoms with Crippen LogP contribution in [0.4, 0.5) is 17.1 Å². The van der Waals surface area contributed by atoms with Crippen molar-refractivity contribution in [3.63, 3.8) is 0 Å². The molecule has 0 saturated heterocycles. The second-order valence-corrected chi connectivity index (χ2v) is 6.93. The molecular formula is C21H27N3O2. The maximum absolute atomic E-state index is 12.0. The van der Waals surface area contributed by atoms with Crippen molar-refractivity contribution in [2.75, 3.05) is 16.0 Å². The predicted octanol–water partition coefficient (Wildman–Crippen LogP) is 4.49. The van der Waals surface area contributed by atoms with Crippen LogP contribution in [0.3, 0.4) is 0 Å². The van der Waals surface area contributed by atoms with Crippen molar-refractivity contribution in [3.05, 3.63) is 54.1 Å². The van der Waals surface area contributed by atoms with Gasteiger partial charge in [-0.15, -0.1) is 0 Å². The first-order valence-corrected chi connectivity index (χ1v) is 8.89. The first-order chi connectivity index (χ1) is 12.3. The number of hydrogen-bond acceptors (Lipinski definition) is 3. The van der Waals surface area contributed by atoms with E-state index in [1.165, 1.54) is 0 Å². The van der Waals surface area contributed by atoms with E-state index in [-0.39, 0.29) is 23.7 Å². The van der Waals surface area contributed by atoms with Crippen LogP contribution in [0.2, 0.25) is 0 Å². The molecule has 5 heteroatoms. The van der Waals surface area contributed by atoms with Crippen LogP contribution in [-0.4, -0.2) is 11.8 Å². The summed E-state index contributed by atoms with van der Waals surface area (Å²) in [7, 11) is 0. The Balaban J connectivity index is 2.21. The van der Waals surface area contributed by atoms with Gasteiger partial charge in [0.2, 0.25) is 11.8 Å². The fourth-order valence-corrected chi connectivity index (χ4v) is 2.25. The molecule has 0 aliphatic rings. The number of rotatable bonds is 7. The molecule has 5 nitrogen and oxygen atoms in total. The van der Waals surface area contributed by atoms with E-state index in [4.69, 9.17) is 0 Å². The zero-order valence-electron chi connectivity index (χ0n) is 15.8. The molecule has 0 heterocycles. The highest BCUT2D eigenvalue weighted by Gasteiger charge is 2.11. The fourth-order valence-electron chi connectivity index (χ4n) is 2.25. The standard InChI is InChI=1S/C21H27N3O2/c1-14(2)20(25)23-18-10-17(22-13-16-8-6-5-7-9-16)11-19(12-18)24-21(26)15(3)4/h5-12,14-15,22H,13H2,1-4H3,(H,23,25)(H,24,26). The van der Waals surface area contributed by atoms with Gasteiger partial charge < -0.3 is 16.0 Å². The van der Waals surface area contributed by atoms with Gasteiger partial charge in [-0.3, -0.25) is 9.59 Å². The Morgan fingerprint density at radius 3 is 1.69 bits per heavy atom. The van der Waals surface area contributed by atoms with Crippen LogP contribution in [0.1, 0.15) is 33.3 Å². The van der Waals surface area contributed by atoms with Crippen LogP contribution < -0.4 is 16.0 Å². The van der Waals surface area contributed by atoms with Crippen LogP contribution in [0.5, 0.6) is 0 Å². The summed E-state index contributed by atoms with van der Waals surface area (Å²) in [5.74, 6) is -0.369. The number of benzene rings is 2. The van der Waals surface area contributed by atoms with E-state index in [1.54, 1.807) is 6.07 Å². The molecule has 0 fully saturated rings. The van der Waals surface area contributed by atoms with E-state index >= 15 is 0 Å². The third kappa shape index (κ3) is 5.92. The molecule has 2 aromatic rings. The van der Waals surface area contributed by atoms with Crippen LogP contribution in [0, 0.1) is 11.8 Å². The van der Waals surface area contributed by atoms with Crippen LogP contribution in [0.25, 0.3) is 0 Å². The minimum Gasteiger partial charge on any atom is -0.381 e. The molecular weight excluding hydrogens is 326 g/mol. The van der Waals surface area contributed by atoms with E-state index in [0.29, 0.717) is 17.9 Å². The highest BCUT2D eigenvalue weighted by molar-refractivity contribution is 5.96. The van der Waals surface area contributed by atoms with E-state index in [1.807, 2.05) is 70.2 Å². The molecule has 2 amide bonds. The Hall–Kier alpha value is -2.82. The Morgan fingerprint density at radius 2 is 1.23 bits per heavy atom. The number of anilines is 3. The molecule has 3 N–H and O–H groups in total. The van der Waals surface area contributed by atoms with Crippen molar-refractivity contribution < 1.29 is 9.59 Å². The van der Waals surface area contributed by atoms with Gasteiger partial charge >= 0.3 is 0 Å². The van der Waals surface area contributed by atoms with Crippen LogP contribution in [-0.2, 0) is 16.1 Å². The lowest BCUT2D eigenvalue weighted by Crippen LogP contribution is -2.20. The summed E-state index contributed by atoms with van der Waals surface area (Å²) >= 11 is 0. The summed E-state index contributed by atoms with van der Waals surface area (Å²) in [6.45, 7) is 8.02. The lowest BCUT2D eigenvalue weighted by molar-refractivity contribution is -0.119. The molecule has 0 unspecified atom stereocenters. The van der Waals surface area contributed by atoms with Gasteiger partial charge in [0.15, 0.2) is 0 Å². The molecule has 0 spiro atoms. The third-order valence-electron chi connectivity index (χ3n) is 3.86. The molecule has 138 valence electrons. The molecule has 0 aliphatic carbocycles. The normalized spacial score (nSPS) is 10.7. The summed E-state index contributed by atoms with van der Waals surface area (Å²) in [5.41, 5.74) is 3.29. The van der Waals surface area contributed by atoms with Gasteiger partial charge in [0.05, 0.1) is 0 Å². The number of hydrogen-bond donors (Lipinski definition) is 3. The van der Waals surface area contributed by atoms with Gasteiger partial charge in [0.1, 0.15) is 0 Å². The fraction of sp³-hybridized carbons (Fsp3) is 0.333. The van der Waals surface area contributed by atoms with Crippen LogP contribution in [0.15, 0.2) is 48.5 Å². The second kappa shape index (κ2) is 9.04. The summed E-state index contributed by atoms with van der Waals surface area (Å²) in [5, 5.41) is 9.13. The maximum atomic E-state index is 12.0. The number of nitrogens with one attached hydrogen (secondary N) is 3. The summed E-state index contributed by atoms with van der Waals surface area (Å²) in [4.78, 5) is 24.1. The lowest BCUT2D eigenvalue weighted by Gasteiger charge is -2.15. The first kappa shape index (κ1) is 19.5. The first-order valence-electron chi connectivity index (χ1n) is 8.89. The molecule has 0 radical (unpaired) electrons. The molecule has 0 atom stereocenters. The molecule has 2 aromatic carbocycles. The van der Waals surface area contributed by atoms with E-state index in [9.17, 15) is 9.59 Å². The van der Waals surface area contributed by atoms with Gasteiger partial charge in [-0.1, -0.05) is 58.0 Å². The molecule has 0 bridgehead atoms. The molecule has 0 saturated carbocycles. The molecule has 0 aliphatic heterocycles. The average molecular weight is 353 g/mol. The third-order valence-corrected chi connectivity index (χ3v) is 3.86. The van der Waals surface area contributed by atoms with Crippen molar-refractivity contribution in [2.24, 2.45) is 11.8 Å². The Bertz CT molecular complexity index is 715. The minimum absolute atomic E-state index is 0.0636. The Labute approximate surface area is 155 Å². The quantitative estimate of drug-likeness (QED) is 0.687. The van der Waals surface area contributed by atoms with Crippen molar-refractivity contribution in [2.45, 2.75) is 34.2 Å². The molecule has 2 rings (SSSR count). The second-order valence-electron chi connectivity index (χ2n) is 6.93. The lowest BCUT2D eigenvalue weighted by atomic mass is 10.1. The van der Waals surface area contributed by atoms with Crippen molar-refractivity contribution in [3.8, 4) is 0 Å². The topological polar surface area (TPSA) is 70.2 Å². The number of carbonyl (C=O) groups is 2. The highest BCUT2D eigenvalue weighted by atomic mass is 16.2. The summed E-state index contributed by atoms with van der Waals surface area (Å²) in [6, 6.07) is 15.6. The minimum atomic E-state index is -0.121. The molecule has 26 heavy (non-hydrogen) atoms. The van der Waals surface area contributed by atoms with E-state index < -0.39 is 0 Å². The predicted molar refractivity (Wildman–Crippen MR) is 107 cm³/mol. The summed E-state index contributed by atoms with van der Waals surface area (Å²) < 4.78 is 0. The van der Waals surface area contributed by atoms with Gasteiger partial charge in [0, 0.05) is 35.4 Å². The molecule has 0 aromatic heterocycles. The van der Waals surface area contributed by atoms with Crippen molar-refractivity contribution in [1.82, 2.24) is 0 Å². The SMILES string of the molecule is CC(C)C(=O)Nc1cc(NCc2ccccc2)cc(NC(=O)C(C)C)c1. The average Bonchev–Trinajstić information content (AvgIpc) is 2.60. The highest BCUT2D eigenvalue weighted by Crippen LogP contribution is 2.24. The van der Waals surface area contributed by atoms with Gasteiger partial charge in [-0.05, 0) is 23.8 Å². The summed E-state index contributed by atoms with van der Waals surface area (Å²) in [6.07, 6.45) is 0. The Kier molecular flexibility index (Phi) is 6.78. The van der Waals surface area contributed by atoms with E-state index in [2.05, 4.69) is 16.0 Å². The van der Waals surface area contributed by atoms with Crippen molar-refractivity contribution >= 4 is 28.9 Å². The Morgan fingerprint density at radius 1 is 0.769 bits per heavy atom. The zero-order valence-corrected chi connectivity index (χ0v) is 15.8. The zero-order chi connectivity index (χ0) is 19.1. The number of amides is 2. The largest absolute Gasteiger partial charge is 0.381 e. The van der Waals surface area contributed by atoms with Gasteiger partial charge in [0.25, 0.3) is 0 Å². The number of carbonyl (C=O) groups excluding carboxylic acids is 2. The van der Waals surface area contributed by atoms with Gasteiger partial charge in [-0.2, -0.15) is 0 Å². The monoisotopic (exact) mass is 353 g/mol.